The Kier molecular flexibility index (Phi) is 5.72. The lowest BCUT2D eigenvalue weighted by atomic mass is 10.1. The van der Waals surface area contributed by atoms with Crippen LogP contribution in [0.1, 0.15) is 33.6 Å². The Hall–Kier alpha value is -0.570. The quantitative estimate of drug-likeness (QED) is 0.649. The molecule has 0 aromatic rings. The lowest BCUT2D eigenvalue weighted by Gasteiger charge is -2.07. The topological polar surface area (TPSA) is 49.3 Å². The molecule has 0 aromatic carbocycles. The van der Waals surface area contributed by atoms with E-state index in [1.54, 1.807) is 6.92 Å². The normalized spacial score (nSPS) is 13.1. The molecular formula is C9H19NO2. The smallest absolute Gasteiger partial charge is 0.220 e. The highest BCUT2D eigenvalue weighted by Gasteiger charge is 2.03. The van der Waals surface area contributed by atoms with Crippen LogP contribution in [0.15, 0.2) is 0 Å². The van der Waals surface area contributed by atoms with E-state index in [1.165, 1.54) is 0 Å². The Morgan fingerprint density at radius 1 is 1.42 bits per heavy atom. The summed E-state index contributed by atoms with van der Waals surface area (Å²) < 4.78 is 0. The van der Waals surface area contributed by atoms with Crippen molar-refractivity contribution < 1.29 is 9.90 Å². The predicted octanol–water partition coefficient (Wildman–Crippen LogP) is 0.920. The van der Waals surface area contributed by atoms with Gasteiger partial charge in [-0.05, 0) is 19.3 Å². The first kappa shape index (κ1) is 11.4. The molecule has 0 aliphatic heterocycles. The van der Waals surface area contributed by atoms with Crippen LogP contribution in [0.5, 0.6) is 0 Å². The Labute approximate surface area is 74.2 Å². The molecule has 1 unspecified atom stereocenters. The van der Waals surface area contributed by atoms with Gasteiger partial charge in [0.05, 0.1) is 6.10 Å². The number of aliphatic hydroxyl groups excluding tert-OH is 1. The van der Waals surface area contributed by atoms with Crippen LogP contribution in [0.2, 0.25) is 0 Å². The van der Waals surface area contributed by atoms with Gasteiger partial charge in [0, 0.05) is 13.0 Å². The van der Waals surface area contributed by atoms with Crippen molar-refractivity contribution in [3.05, 3.63) is 0 Å². The minimum Gasteiger partial charge on any atom is -0.393 e. The Bertz CT molecular complexity index is 132. The van der Waals surface area contributed by atoms with Crippen molar-refractivity contribution in [1.29, 1.82) is 0 Å². The van der Waals surface area contributed by atoms with Gasteiger partial charge in [-0.1, -0.05) is 13.8 Å². The molecule has 72 valence electrons. The lowest BCUT2D eigenvalue weighted by Crippen LogP contribution is -2.27. The number of amides is 1. The summed E-state index contributed by atoms with van der Waals surface area (Å²) in [5.74, 6) is 0.474. The molecule has 0 saturated carbocycles. The van der Waals surface area contributed by atoms with Crippen molar-refractivity contribution in [3.63, 3.8) is 0 Å². The van der Waals surface area contributed by atoms with E-state index in [4.69, 9.17) is 5.11 Å². The van der Waals surface area contributed by atoms with Gasteiger partial charge in [0.25, 0.3) is 0 Å². The second-order valence-electron chi connectivity index (χ2n) is 3.59. The van der Waals surface area contributed by atoms with Crippen molar-refractivity contribution in [1.82, 2.24) is 5.32 Å². The van der Waals surface area contributed by atoms with Gasteiger partial charge in [0.1, 0.15) is 0 Å². The molecule has 0 radical (unpaired) electrons. The van der Waals surface area contributed by atoms with Gasteiger partial charge < -0.3 is 10.4 Å². The van der Waals surface area contributed by atoms with Crippen LogP contribution in [-0.2, 0) is 4.79 Å². The number of carbonyl (C=O) groups is 1. The van der Waals surface area contributed by atoms with Gasteiger partial charge in [0.15, 0.2) is 0 Å². The molecule has 0 heterocycles. The van der Waals surface area contributed by atoms with Gasteiger partial charge in [-0.2, -0.15) is 0 Å². The van der Waals surface area contributed by atoms with Crippen LogP contribution < -0.4 is 5.32 Å². The van der Waals surface area contributed by atoms with Crippen molar-refractivity contribution in [2.24, 2.45) is 5.92 Å². The standard InChI is InChI=1S/C9H19NO2/c1-7(2)6-9(12)10-5-4-8(3)11/h7-8,11H,4-6H2,1-3H3,(H,10,12). The van der Waals surface area contributed by atoms with E-state index in [9.17, 15) is 4.79 Å². The summed E-state index contributed by atoms with van der Waals surface area (Å²) in [6, 6.07) is 0. The van der Waals surface area contributed by atoms with Crippen LogP contribution in [0.4, 0.5) is 0 Å². The first-order valence-electron chi connectivity index (χ1n) is 4.47. The van der Waals surface area contributed by atoms with E-state index >= 15 is 0 Å². The third-order valence-corrected chi connectivity index (χ3v) is 1.48. The van der Waals surface area contributed by atoms with Gasteiger partial charge in [0.2, 0.25) is 5.91 Å². The van der Waals surface area contributed by atoms with Gasteiger partial charge in [-0.25, -0.2) is 0 Å². The minimum absolute atomic E-state index is 0.0747. The van der Waals surface area contributed by atoms with Crippen LogP contribution >= 0.6 is 0 Å². The molecule has 1 amide bonds. The molecule has 0 aliphatic rings. The monoisotopic (exact) mass is 173 g/mol. The molecule has 2 N–H and O–H groups in total. The van der Waals surface area contributed by atoms with E-state index in [-0.39, 0.29) is 12.0 Å². The van der Waals surface area contributed by atoms with E-state index in [2.05, 4.69) is 5.32 Å². The fourth-order valence-corrected chi connectivity index (χ4v) is 0.863. The second kappa shape index (κ2) is 6.00. The van der Waals surface area contributed by atoms with Crippen LogP contribution in [-0.4, -0.2) is 23.7 Å². The van der Waals surface area contributed by atoms with Gasteiger partial charge >= 0.3 is 0 Å². The molecular weight excluding hydrogens is 154 g/mol. The Balaban J connectivity index is 3.32. The van der Waals surface area contributed by atoms with Gasteiger partial charge in [-0.15, -0.1) is 0 Å². The number of rotatable bonds is 5. The summed E-state index contributed by atoms with van der Waals surface area (Å²) in [5, 5.41) is 11.6. The van der Waals surface area contributed by atoms with E-state index in [0.717, 1.165) is 0 Å². The van der Waals surface area contributed by atoms with Crippen molar-refractivity contribution in [3.8, 4) is 0 Å². The molecule has 3 heteroatoms. The third kappa shape index (κ3) is 7.54. The van der Waals surface area contributed by atoms with Crippen molar-refractivity contribution >= 4 is 5.91 Å². The highest BCUT2D eigenvalue weighted by Crippen LogP contribution is 1.98. The summed E-state index contributed by atoms with van der Waals surface area (Å²) in [6.07, 6.45) is 0.869. The van der Waals surface area contributed by atoms with E-state index < -0.39 is 0 Å². The Morgan fingerprint density at radius 2 is 2.00 bits per heavy atom. The predicted molar refractivity (Wildman–Crippen MR) is 48.8 cm³/mol. The lowest BCUT2D eigenvalue weighted by molar-refractivity contribution is -0.121. The molecule has 0 fully saturated rings. The summed E-state index contributed by atoms with van der Waals surface area (Å²) in [7, 11) is 0. The first-order valence-corrected chi connectivity index (χ1v) is 4.47. The summed E-state index contributed by atoms with van der Waals surface area (Å²) >= 11 is 0. The first-order chi connectivity index (χ1) is 5.52. The zero-order chi connectivity index (χ0) is 9.56. The van der Waals surface area contributed by atoms with Crippen molar-refractivity contribution in [2.45, 2.75) is 39.7 Å². The summed E-state index contributed by atoms with van der Waals surface area (Å²) in [5.41, 5.74) is 0. The highest BCUT2D eigenvalue weighted by molar-refractivity contribution is 5.75. The molecule has 0 aromatic heterocycles. The molecule has 3 nitrogen and oxygen atoms in total. The van der Waals surface area contributed by atoms with E-state index in [1.807, 2.05) is 13.8 Å². The van der Waals surface area contributed by atoms with Crippen LogP contribution in [0.25, 0.3) is 0 Å². The zero-order valence-electron chi connectivity index (χ0n) is 8.13. The molecule has 0 rings (SSSR count). The molecule has 0 spiro atoms. The van der Waals surface area contributed by atoms with E-state index in [0.29, 0.717) is 25.3 Å². The van der Waals surface area contributed by atoms with Gasteiger partial charge in [-0.3, -0.25) is 4.79 Å². The maximum absolute atomic E-state index is 11.0. The average molecular weight is 173 g/mol. The molecule has 0 saturated heterocycles. The third-order valence-electron chi connectivity index (χ3n) is 1.48. The average Bonchev–Trinajstić information content (AvgIpc) is 1.84. The van der Waals surface area contributed by atoms with Crippen LogP contribution in [0.3, 0.4) is 0 Å². The molecule has 12 heavy (non-hydrogen) atoms. The summed E-state index contributed by atoms with van der Waals surface area (Å²) in [6.45, 7) is 6.31. The highest BCUT2D eigenvalue weighted by atomic mass is 16.3. The zero-order valence-corrected chi connectivity index (χ0v) is 8.13. The Morgan fingerprint density at radius 3 is 2.42 bits per heavy atom. The van der Waals surface area contributed by atoms with Crippen LogP contribution in [0, 0.1) is 5.92 Å². The number of hydrogen-bond acceptors (Lipinski definition) is 2. The second-order valence-corrected chi connectivity index (χ2v) is 3.59. The number of nitrogens with one attached hydrogen (secondary N) is 1. The number of hydrogen-bond donors (Lipinski definition) is 2. The maximum atomic E-state index is 11.0. The minimum atomic E-state index is -0.329. The summed E-state index contributed by atoms with van der Waals surface area (Å²) in [4.78, 5) is 11.0. The SMILES string of the molecule is CC(C)CC(=O)NCCC(C)O. The van der Waals surface area contributed by atoms with Crippen molar-refractivity contribution in [2.75, 3.05) is 6.54 Å². The number of aliphatic hydroxyl groups is 1. The molecule has 0 aliphatic carbocycles. The number of carbonyl (C=O) groups excluding carboxylic acids is 1. The molecule has 0 bridgehead atoms. The largest absolute Gasteiger partial charge is 0.393 e. The fourth-order valence-electron chi connectivity index (χ4n) is 0.863. The fraction of sp³-hybridized carbons (Fsp3) is 0.889. The maximum Gasteiger partial charge on any atom is 0.220 e. The molecule has 1 atom stereocenters.